The number of anilines is 1. The van der Waals surface area contributed by atoms with Gasteiger partial charge in [0.15, 0.2) is 0 Å². The first-order chi connectivity index (χ1) is 8.74. The predicted octanol–water partition coefficient (Wildman–Crippen LogP) is 4.23. The van der Waals surface area contributed by atoms with Crippen LogP contribution in [0, 0.1) is 12.7 Å². The Labute approximate surface area is 107 Å². The molecule has 1 aliphatic rings. The van der Waals surface area contributed by atoms with Gasteiger partial charge in [0, 0.05) is 5.69 Å². The molecule has 0 fully saturated rings. The molecule has 2 aromatic rings. The molecule has 2 aromatic carbocycles. The summed E-state index contributed by atoms with van der Waals surface area (Å²) in [5.41, 5.74) is 4.33. The average molecular weight is 241 g/mol. The molecule has 0 amide bonds. The maximum Gasteiger partial charge on any atom is 0.126 e. The summed E-state index contributed by atoms with van der Waals surface area (Å²) in [6, 6.07) is 13.9. The molecule has 18 heavy (non-hydrogen) atoms. The van der Waals surface area contributed by atoms with E-state index in [-0.39, 0.29) is 11.9 Å². The summed E-state index contributed by atoms with van der Waals surface area (Å²) in [5, 5.41) is 3.48. The summed E-state index contributed by atoms with van der Waals surface area (Å²) >= 11 is 0. The van der Waals surface area contributed by atoms with Gasteiger partial charge in [0.1, 0.15) is 5.82 Å². The van der Waals surface area contributed by atoms with E-state index in [2.05, 4.69) is 36.5 Å². The van der Waals surface area contributed by atoms with E-state index in [0.717, 1.165) is 29.7 Å². The minimum absolute atomic E-state index is 0.0688. The largest absolute Gasteiger partial charge is 0.378 e. The zero-order valence-corrected chi connectivity index (χ0v) is 10.4. The topological polar surface area (TPSA) is 12.0 Å². The Balaban J connectivity index is 1.85. The van der Waals surface area contributed by atoms with Gasteiger partial charge >= 0.3 is 0 Å². The van der Waals surface area contributed by atoms with Gasteiger partial charge < -0.3 is 5.32 Å². The fourth-order valence-corrected chi connectivity index (χ4v) is 2.61. The first kappa shape index (κ1) is 11.3. The standard InChI is InChI=1S/C16H16FN/c1-11-5-7-12(8-6-11)18-16-10-9-13-14(16)3-2-4-15(13)17/h2-8,16,18H,9-10H2,1H3. The van der Waals surface area contributed by atoms with Gasteiger partial charge in [0.05, 0.1) is 6.04 Å². The van der Waals surface area contributed by atoms with E-state index in [0.29, 0.717) is 0 Å². The smallest absolute Gasteiger partial charge is 0.126 e. The van der Waals surface area contributed by atoms with Crippen molar-refractivity contribution in [2.24, 2.45) is 0 Å². The van der Waals surface area contributed by atoms with Crippen LogP contribution in [0.4, 0.5) is 10.1 Å². The van der Waals surface area contributed by atoms with E-state index < -0.39 is 0 Å². The minimum Gasteiger partial charge on any atom is -0.378 e. The molecule has 0 bridgehead atoms. The maximum atomic E-state index is 13.6. The van der Waals surface area contributed by atoms with Crippen LogP contribution in [0.3, 0.4) is 0 Å². The molecule has 0 heterocycles. The molecule has 2 heteroatoms. The Morgan fingerprint density at radius 1 is 1.11 bits per heavy atom. The molecule has 0 saturated heterocycles. The van der Waals surface area contributed by atoms with E-state index in [1.807, 2.05) is 6.07 Å². The lowest BCUT2D eigenvalue weighted by molar-refractivity contribution is 0.612. The van der Waals surface area contributed by atoms with Gasteiger partial charge in [-0.25, -0.2) is 4.39 Å². The van der Waals surface area contributed by atoms with Gasteiger partial charge in [-0.2, -0.15) is 0 Å². The molecule has 0 radical (unpaired) electrons. The highest BCUT2D eigenvalue weighted by atomic mass is 19.1. The summed E-state index contributed by atoms with van der Waals surface area (Å²) in [6.45, 7) is 2.07. The molecule has 0 aliphatic heterocycles. The van der Waals surface area contributed by atoms with E-state index in [1.54, 1.807) is 12.1 Å². The summed E-state index contributed by atoms with van der Waals surface area (Å²) < 4.78 is 13.6. The zero-order chi connectivity index (χ0) is 12.5. The van der Waals surface area contributed by atoms with Gasteiger partial charge in [-0.05, 0) is 49.1 Å². The highest BCUT2D eigenvalue weighted by Gasteiger charge is 2.24. The first-order valence-electron chi connectivity index (χ1n) is 6.34. The highest BCUT2D eigenvalue weighted by Crippen LogP contribution is 2.35. The van der Waals surface area contributed by atoms with Crippen LogP contribution in [0.1, 0.15) is 29.2 Å². The van der Waals surface area contributed by atoms with Gasteiger partial charge in [-0.3, -0.25) is 0 Å². The molecule has 1 unspecified atom stereocenters. The monoisotopic (exact) mass is 241 g/mol. The summed E-state index contributed by atoms with van der Waals surface area (Å²) in [6.07, 6.45) is 1.79. The van der Waals surface area contributed by atoms with Crippen molar-refractivity contribution in [3.8, 4) is 0 Å². The van der Waals surface area contributed by atoms with Crippen molar-refractivity contribution < 1.29 is 4.39 Å². The Morgan fingerprint density at radius 3 is 2.67 bits per heavy atom. The molecule has 1 aliphatic carbocycles. The molecule has 3 rings (SSSR count). The van der Waals surface area contributed by atoms with Crippen LogP contribution in [0.25, 0.3) is 0 Å². The van der Waals surface area contributed by atoms with Crippen molar-refractivity contribution >= 4 is 5.69 Å². The van der Waals surface area contributed by atoms with Crippen LogP contribution < -0.4 is 5.32 Å². The molecule has 0 spiro atoms. The van der Waals surface area contributed by atoms with Crippen LogP contribution >= 0.6 is 0 Å². The lowest BCUT2D eigenvalue weighted by atomic mass is 10.1. The summed E-state index contributed by atoms with van der Waals surface area (Å²) in [5.74, 6) is -0.0688. The average Bonchev–Trinajstić information content (AvgIpc) is 2.77. The lowest BCUT2D eigenvalue weighted by Crippen LogP contribution is -2.07. The van der Waals surface area contributed by atoms with Crippen molar-refractivity contribution in [3.05, 3.63) is 65.0 Å². The number of nitrogens with one attached hydrogen (secondary N) is 1. The number of benzene rings is 2. The number of rotatable bonds is 2. The van der Waals surface area contributed by atoms with Crippen LogP contribution in [0.15, 0.2) is 42.5 Å². The Morgan fingerprint density at radius 2 is 1.89 bits per heavy atom. The van der Waals surface area contributed by atoms with E-state index >= 15 is 0 Å². The van der Waals surface area contributed by atoms with Crippen LogP contribution in [0.2, 0.25) is 0 Å². The van der Waals surface area contributed by atoms with E-state index in [9.17, 15) is 4.39 Å². The number of halogens is 1. The SMILES string of the molecule is Cc1ccc(NC2CCc3c(F)cccc32)cc1. The lowest BCUT2D eigenvalue weighted by Gasteiger charge is -2.15. The van der Waals surface area contributed by atoms with Crippen molar-refractivity contribution in [2.45, 2.75) is 25.8 Å². The predicted molar refractivity (Wildman–Crippen MR) is 72.3 cm³/mol. The third-order valence-electron chi connectivity index (χ3n) is 3.61. The highest BCUT2D eigenvalue weighted by molar-refractivity contribution is 5.49. The molecular formula is C16H16FN. The second kappa shape index (κ2) is 4.45. The van der Waals surface area contributed by atoms with Crippen molar-refractivity contribution in [2.75, 3.05) is 5.32 Å². The summed E-state index contributed by atoms with van der Waals surface area (Å²) in [7, 11) is 0. The van der Waals surface area contributed by atoms with Crippen LogP contribution in [0.5, 0.6) is 0 Å². The van der Waals surface area contributed by atoms with Crippen molar-refractivity contribution in [1.29, 1.82) is 0 Å². The molecule has 0 aromatic heterocycles. The van der Waals surface area contributed by atoms with Gasteiger partial charge in [0.2, 0.25) is 0 Å². The molecule has 92 valence electrons. The normalized spacial score (nSPS) is 17.6. The van der Waals surface area contributed by atoms with E-state index in [1.165, 1.54) is 5.56 Å². The van der Waals surface area contributed by atoms with Crippen molar-refractivity contribution in [3.63, 3.8) is 0 Å². The zero-order valence-electron chi connectivity index (χ0n) is 10.4. The minimum atomic E-state index is -0.0688. The fraction of sp³-hybridized carbons (Fsp3) is 0.250. The number of hydrogen-bond donors (Lipinski definition) is 1. The molecular weight excluding hydrogens is 225 g/mol. The Kier molecular flexibility index (Phi) is 2.78. The second-order valence-corrected chi connectivity index (χ2v) is 4.91. The van der Waals surface area contributed by atoms with Gasteiger partial charge in [-0.1, -0.05) is 29.8 Å². The van der Waals surface area contributed by atoms with Crippen molar-refractivity contribution in [1.82, 2.24) is 0 Å². The second-order valence-electron chi connectivity index (χ2n) is 4.91. The molecule has 1 nitrogen and oxygen atoms in total. The van der Waals surface area contributed by atoms with Gasteiger partial charge in [-0.15, -0.1) is 0 Å². The molecule has 0 saturated carbocycles. The Hall–Kier alpha value is -1.83. The molecule has 1 atom stereocenters. The third kappa shape index (κ3) is 1.99. The maximum absolute atomic E-state index is 13.6. The van der Waals surface area contributed by atoms with Crippen LogP contribution in [-0.4, -0.2) is 0 Å². The molecule has 1 N–H and O–H groups in total. The fourth-order valence-electron chi connectivity index (χ4n) is 2.61. The van der Waals surface area contributed by atoms with Gasteiger partial charge in [0.25, 0.3) is 0 Å². The van der Waals surface area contributed by atoms with Crippen LogP contribution in [-0.2, 0) is 6.42 Å². The Bertz CT molecular complexity index is 560. The third-order valence-corrected chi connectivity index (χ3v) is 3.61. The van der Waals surface area contributed by atoms with E-state index in [4.69, 9.17) is 0 Å². The summed E-state index contributed by atoms with van der Waals surface area (Å²) in [4.78, 5) is 0. The number of hydrogen-bond acceptors (Lipinski definition) is 1. The number of aryl methyl sites for hydroxylation is 1. The first-order valence-corrected chi connectivity index (χ1v) is 6.34. The quantitative estimate of drug-likeness (QED) is 0.829. The number of fused-ring (bicyclic) bond motifs is 1.